The molecule has 1 amide bonds. The molecule has 1 aliphatic carbocycles. The van der Waals surface area contributed by atoms with Gasteiger partial charge in [-0.3, -0.25) is 14.2 Å². The molecule has 10 heteroatoms. The number of nitrogens with one attached hydrogen (secondary N) is 1. The third kappa shape index (κ3) is 5.00. The van der Waals surface area contributed by atoms with Crippen LogP contribution in [0.25, 0.3) is 0 Å². The van der Waals surface area contributed by atoms with E-state index in [0.717, 1.165) is 35.9 Å². The van der Waals surface area contributed by atoms with E-state index in [9.17, 15) is 9.59 Å². The van der Waals surface area contributed by atoms with E-state index in [4.69, 9.17) is 0 Å². The molecule has 33 heavy (non-hydrogen) atoms. The molecule has 1 saturated carbocycles. The number of hydrogen-bond acceptors (Lipinski definition) is 8. The van der Waals surface area contributed by atoms with Crippen LogP contribution in [-0.2, 0) is 11.3 Å². The van der Waals surface area contributed by atoms with E-state index in [1.54, 1.807) is 11.0 Å². The molecule has 0 bridgehead atoms. The van der Waals surface area contributed by atoms with Crippen LogP contribution < -0.4 is 15.8 Å². The fraction of sp³-hybridized carbons (Fsp3) is 0.391. The third-order valence-electron chi connectivity index (χ3n) is 5.95. The average molecular weight is 447 g/mol. The number of amides is 1. The van der Waals surface area contributed by atoms with Crippen LogP contribution in [0.4, 0.5) is 17.5 Å². The number of anilines is 3. The molecule has 0 atom stereocenters. The first-order chi connectivity index (χ1) is 16.0. The molecule has 0 unspecified atom stereocenters. The minimum Gasteiger partial charge on any atom is -0.352 e. The van der Waals surface area contributed by atoms with Crippen molar-refractivity contribution in [2.45, 2.75) is 32.2 Å². The Morgan fingerprint density at radius 3 is 2.55 bits per heavy atom. The van der Waals surface area contributed by atoms with Crippen molar-refractivity contribution in [2.24, 2.45) is 0 Å². The van der Waals surface area contributed by atoms with Gasteiger partial charge in [0.05, 0.1) is 12.0 Å². The second-order valence-corrected chi connectivity index (χ2v) is 8.49. The highest BCUT2D eigenvalue weighted by atomic mass is 16.2. The Labute approximate surface area is 191 Å². The lowest BCUT2D eigenvalue weighted by molar-refractivity contribution is -0.132. The highest BCUT2D eigenvalue weighted by Gasteiger charge is 2.26. The summed E-state index contributed by atoms with van der Waals surface area (Å²) in [5.41, 5.74) is 1.60. The van der Waals surface area contributed by atoms with Gasteiger partial charge in [-0.25, -0.2) is 9.97 Å². The van der Waals surface area contributed by atoms with Gasteiger partial charge in [0.2, 0.25) is 5.91 Å². The first-order valence-electron chi connectivity index (χ1n) is 11.2. The SMILES string of the molecule is Cc1cccc(Nc2ccc(N3CCN(C(=O)Cn4cnc(C5CC5)cc4=O)CC3)nn2)n1. The summed E-state index contributed by atoms with van der Waals surface area (Å²) in [7, 11) is 0. The minimum absolute atomic E-state index is 0.0178. The summed E-state index contributed by atoms with van der Waals surface area (Å²) in [5, 5.41) is 11.7. The van der Waals surface area contributed by atoms with Gasteiger partial charge in [-0.05, 0) is 44.0 Å². The van der Waals surface area contributed by atoms with Gasteiger partial charge in [-0.15, -0.1) is 10.2 Å². The lowest BCUT2D eigenvalue weighted by Gasteiger charge is -2.35. The van der Waals surface area contributed by atoms with Crippen molar-refractivity contribution in [1.29, 1.82) is 0 Å². The molecule has 0 radical (unpaired) electrons. The van der Waals surface area contributed by atoms with Crippen molar-refractivity contribution in [2.75, 3.05) is 36.4 Å². The van der Waals surface area contributed by atoms with E-state index in [2.05, 4.69) is 30.4 Å². The molecule has 2 fully saturated rings. The maximum Gasteiger partial charge on any atom is 0.254 e. The molecule has 1 N–H and O–H groups in total. The molecule has 2 aliphatic rings. The molecule has 5 rings (SSSR count). The van der Waals surface area contributed by atoms with Crippen LogP contribution in [0.2, 0.25) is 0 Å². The van der Waals surface area contributed by atoms with Crippen LogP contribution in [0.15, 0.2) is 47.5 Å². The fourth-order valence-corrected chi connectivity index (χ4v) is 3.90. The van der Waals surface area contributed by atoms with Crippen LogP contribution in [0.5, 0.6) is 0 Å². The molecule has 10 nitrogen and oxygen atoms in total. The minimum atomic E-state index is -0.163. The van der Waals surface area contributed by atoms with Gasteiger partial charge in [-0.1, -0.05) is 6.07 Å². The number of aromatic nitrogens is 5. The van der Waals surface area contributed by atoms with Gasteiger partial charge >= 0.3 is 0 Å². The number of rotatable bonds is 6. The summed E-state index contributed by atoms with van der Waals surface area (Å²) in [6, 6.07) is 11.1. The molecule has 4 heterocycles. The van der Waals surface area contributed by atoms with E-state index in [1.807, 2.05) is 37.3 Å². The van der Waals surface area contributed by atoms with Gasteiger partial charge in [0.25, 0.3) is 5.56 Å². The summed E-state index contributed by atoms with van der Waals surface area (Å²) in [5.74, 6) is 2.45. The molecule has 1 aliphatic heterocycles. The summed E-state index contributed by atoms with van der Waals surface area (Å²) in [6.07, 6.45) is 3.68. The smallest absolute Gasteiger partial charge is 0.254 e. The third-order valence-corrected chi connectivity index (χ3v) is 5.95. The number of carbonyl (C=O) groups excluding carboxylic acids is 1. The zero-order chi connectivity index (χ0) is 22.8. The molecule has 3 aromatic heterocycles. The van der Waals surface area contributed by atoms with E-state index < -0.39 is 0 Å². The van der Waals surface area contributed by atoms with Crippen LogP contribution in [0.3, 0.4) is 0 Å². The molecular weight excluding hydrogens is 420 g/mol. The van der Waals surface area contributed by atoms with E-state index >= 15 is 0 Å². The number of hydrogen-bond donors (Lipinski definition) is 1. The van der Waals surface area contributed by atoms with E-state index in [-0.39, 0.29) is 18.0 Å². The maximum absolute atomic E-state index is 12.7. The standard InChI is InChI=1S/C23H26N8O2/c1-16-3-2-4-19(25-16)26-20-7-8-21(28-27-20)29-9-11-30(12-10-29)23(33)14-31-15-24-18(13-22(31)32)17-5-6-17/h2-4,7-8,13,15,17H,5-6,9-12,14H2,1H3,(H,25,26,27). The van der Waals surface area contributed by atoms with Crippen molar-refractivity contribution < 1.29 is 4.79 Å². The van der Waals surface area contributed by atoms with Gasteiger partial charge in [0, 0.05) is 43.9 Å². The fourth-order valence-electron chi connectivity index (χ4n) is 3.90. The quantitative estimate of drug-likeness (QED) is 0.610. The summed E-state index contributed by atoms with van der Waals surface area (Å²) in [6.45, 7) is 4.39. The topological polar surface area (TPSA) is 109 Å². The molecule has 1 saturated heterocycles. The highest BCUT2D eigenvalue weighted by Crippen LogP contribution is 2.38. The second-order valence-electron chi connectivity index (χ2n) is 8.49. The Bertz CT molecular complexity index is 1200. The van der Waals surface area contributed by atoms with Crippen molar-refractivity contribution >= 4 is 23.4 Å². The Hall–Kier alpha value is -3.82. The number of aryl methyl sites for hydroxylation is 1. The molecular formula is C23H26N8O2. The van der Waals surface area contributed by atoms with E-state index in [0.29, 0.717) is 37.9 Å². The summed E-state index contributed by atoms with van der Waals surface area (Å²) in [4.78, 5) is 37.7. The maximum atomic E-state index is 12.7. The molecule has 170 valence electrons. The normalized spacial score (nSPS) is 16.0. The summed E-state index contributed by atoms with van der Waals surface area (Å²) >= 11 is 0. The van der Waals surface area contributed by atoms with Crippen molar-refractivity contribution in [3.8, 4) is 0 Å². The zero-order valence-corrected chi connectivity index (χ0v) is 18.5. The molecule has 0 aromatic carbocycles. The Kier molecular flexibility index (Phi) is 5.72. The lowest BCUT2D eigenvalue weighted by Crippen LogP contribution is -2.50. The van der Waals surface area contributed by atoms with Crippen molar-refractivity contribution in [3.05, 3.63) is 64.5 Å². The molecule has 0 spiro atoms. The van der Waals surface area contributed by atoms with Gasteiger partial charge in [-0.2, -0.15) is 0 Å². The lowest BCUT2D eigenvalue weighted by atomic mass is 10.3. The van der Waals surface area contributed by atoms with Crippen LogP contribution in [0.1, 0.15) is 30.1 Å². The first kappa shape index (κ1) is 21.0. The average Bonchev–Trinajstić information content (AvgIpc) is 3.67. The van der Waals surface area contributed by atoms with Gasteiger partial charge in [0.15, 0.2) is 11.6 Å². The van der Waals surface area contributed by atoms with Crippen molar-refractivity contribution in [1.82, 2.24) is 29.6 Å². The summed E-state index contributed by atoms with van der Waals surface area (Å²) < 4.78 is 1.39. The predicted molar refractivity (Wildman–Crippen MR) is 124 cm³/mol. The number of nitrogens with zero attached hydrogens (tertiary/aromatic N) is 7. The zero-order valence-electron chi connectivity index (χ0n) is 18.5. The van der Waals surface area contributed by atoms with Gasteiger partial charge < -0.3 is 15.1 Å². The Morgan fingerprint density at radius 1 is 1.06 bits per heavy atom. The van der Waals surface area contributed by atoms with E-state index in [1.165, 1.54) is 10.9 Å². The predicted octanol–water partition coefficient (Wildman–Crippen LogP) is 1.71. The highest BCUT2D eigenvalue weighted by molar-refractivity contribution is 5.76. The Morgan fingerprint density at radius 2 is 1.88 bits per heavy atom. The number of carbonyl (C=O) groups is 1. The number of pyridine rings is 1. The first-order valence-corrected chi connectivity index (χ1v) is 11.2. The number of piperazine rings is 1. The molecule has 3 aromatic rings. The van der Waals surface area contributed by atoms with Crippen LogP contribution >= 0.6 is 0 Å². The Balaban J connectivity index is 1.14. The van der Waals surface area contributed by atoms with Gasteiger partial charge in [0.1, 0.15) is 12.4 Å². The van der Waals surface area contributed by atoms with Crippen molar-refractivity contribution in [3.63, 3.8) is 0 Å². The van der Waals surface area contributed by atoms with Crippen LogP contribution in [-0.4, -0.2) is 61.7 Å². The largest absolute Gasteiger partial charge is 0.352 e. The second kappa shape index (κ2) is 8.97. The van der Waals surface area contributed by atoms with Crippen LogP contribution in [0, 0.1) is 6.92 Å². The monoisotopic (exact) mass is 446 g/mol.